The van der Waals surface area contributed by atoms with Gasteiger partial charge in [-0.3, -0.25) is 14.7 Å². The standard InChI is InChI=1S/C25H33N7O6/c1-5-36-18(33)14-32-21-19(30-22(32)26)20(31-24(35)37-15-16-10-7-6-8-11-16)28-17(29-21)12-9-13-27-23(34)38-25(2,3)4/h6-8,10-11H,5,9,12-15H2,1-4H3,(H2,26,30)(H,27,34)(H,28,29,31,35). The summed E-state index contributed by atoms with van der Waals surface area (Å²) in [6.45, 7) is 7.38. The van der Waals surface area contributed by atoms with E-state index in [2.05, 4.69) is 25.6 Å². The Morgan fingerprint density at radius 3 is 2.45 bits per heavy atom. The Morgan fingerprint density at radius 1 is 1.03 bits per heavy atom. The maximum absolute atomic E-state index is 12.5. The van der Waals surface area contributed by atoms with Gasteiger partial charge in [0.05, 0.1) is 6.61 Å². The topological polar surface area (TPSA) is 173 Å². The van der Waals surface area contributed by atoms with Gasteiger partial charge in [-0.2, -0.15) is 0 Å². The first-order valence-electron chi connectivity index (χ1n) is 12.2. The highest BCUT2D eigenvalue weighted by Crippen LogP contribution is 2.23. The second kappa shape index (κ2) is 12.7. The molecule has 3 rings (SSSR count). The second-order valence-corrected chi connectivity index (χ2v) is 9.24. The molecule has 0 aliphatic heterocycles. The smallest absolute Gasteiger partial charge is 0.413 e. The van der Waals surface area contributed by atoms with Crippen LogP contribution in [-0.4, -0.2) is 56.4 Å². The summed E-state index contributed by atoms with van der Waals surface area (Å²) in [5, 5.41) is 5.28. The fourth-order valence-electron chi connectivity index (χ4n) is 3.36. The average Bonchev–Trinajstić information content (AvgIpc) is 3.15. The average molecular weight is 528 g/mol. The largest absolute Gasteiger partial charge is 0.465 e. The molecule has 3 aromatic rings. The van der Waals surface area contributed by atoms with E-state index in [1.165, 1.54) is 4.57 Å². The van der Waals surface area contributed by atoms with Crippen LogP contribution in [0.25, 0.3) is 11.2 Å². The lowest BCUT2D eigenvalue weighted by Gasteiger charge is -2.19. The number of nitrogens with one attached hydrogen (secondary N) is 2. The van der Waals surface area contributed by atoms with Gasteiger partial charge in [0.25, 0.3) is 0 Å². The predicted octanol–water partition coefficient (Wildman–Crippen LogP) is 3.18. The van der Waals surface area contributed by atoms with Crippen molar-refractivity contribution in [2.45, 2.75) is 59.3 Å². The van der Waals surface area contributed by atoms with E-state index in [0.29, 0.717) is 25.2 Å². The molecule has 2 amide bonds. The Bertz CT molecular complexity index is 1270. The molecule has 4 N–H and O–H groups in total. The van der Waals surface area contributed by atoms with Gasteiger partial charge in [0, 0.05) is 13.0 Å². The van der Waals surface area contributed by atoms with E-state index in [1.54, 1.807) is 27.7 Å². The number of hydrogen-bond acceptors (Lipinski definition) is 10. The van der Waals surface area contributed by atoms with E-state index < -0.39 is 23.8 Å². The third kappa shape index (κ3) is 8.32. The van der Waals surface area contributed by atoms with E-state index in [1.807, 2.05) is 30.3 Å². The lowest BCUT2D eigenvalue weighted by Crippen LogP contribution is -2.33. The van der Waals surface area contributed by atoms with Gasteiger partial charge in [0.2, 0.25) is 5.95 Å². The Labute approximate surface area is 220 Å². The first kappa shape index (κ1) is 28.2. The van der Waals surface area contributed by atoms with Crippen molar-refractivity contribution in [2.24, 2.45) is 0 Å². The molecule has 0 bridgehead atoms. The molecule has 0 aliphatic rings. The van der Waals surface area contributed by atoms with Crippen LogP contribution >= 0.6 is 0 Å². The fourth-order valence-corrected chi connectivity index (χ4v) is 3.36. The van der Waals surface area contributed by atoms with Gasteiger partial charge in [-0.15, -0.1) is 0 Å². The number of aromatic nitrogens is 4. The van der Waals surface area contributed by atoms with Gasteiger partial charge >= 0.3 is 18.2 Å². The number of nitrogens with two attached hydrogens (primary N) is 1. The number of esters is 1. The highest BCUT2D eigenvalue weighted by molar-refractivity contribution is 5.94. The molecule has 0 spiro atoms. The number of amides is 2. The third-order valence-electron chi connectivity index (χ3n) is 4.94. The first-order valence-corrected chi connectivity index (χ1v) is 12.2. The van der Waals surface area contributed by atoms with E-state index in [9.17, 15) is 14.4 Å². The minimum Gasteiger partial charge on any atom is -0.465 e. The molecular formula is C25H33N7O6. The van der Waals surface area contributed by atoms with Crippen LogP contribution in [0.5, 0.6) is 0 Å². The third-order valence-corrected chi connectivity index (χ3v) is 4.94. The summed E-state index contributed by atoms with van der Waals surface area (Å²) in [4.78, 5) is 49.8. The van der Waals surface area contributed by atoms with Crippen LogP contribution < -0.4 is 16.4 Å². The van der Waals surface area contributed by atoms with Crippen molar-refractivity contribution < 1.29 is 28.6 Å². The zero-order valence-corrected chi connectivity index (χ0v) is 21.9. The minimum atomic E-state index is -0.745. The lowest BCUT2D eigenvalue weighted by molar-refractivity contribution is -0.143. The lowest BCUT2D eigenvalue weighted by atomic mass is 10.2. The second-order valence-electron chi connectivity index (χ2n) is 9.24. The molecule has 1 aromatic carbocycles. The van der Waals surface area contributed by atoms with Crippen LogP contribution in [0.4, 0.5) is 21.4 Å². The maximum atomic E-state index is 12.5. The number of ether oxygens (including phenoxy) is 3. The van der Waals surface area contributed by atoms with Gasteiger partial charge < -0.3 is 25.3 Å². The number of rotatable bonds is 10. The number of nitrogen functional groups attached to an aromatic ring is 1. The zero-order chi connectivity index (χ0) is 27.7. The van der Waals surface area contributed by atoms with E-state index >= 15 is 0 Å². The Balaban J connectivity index is 1.78. The number of imidazole rings is 1. The van der Waals surface area contributed by atoms with E-state index in [0.717, 1.165) is 5.56 Å². The molecule has 13 heteroatoms. The summed E-state index contributed by atoms with van der Waals surface area (Å²) >= 11 is 0. The number of alkyl carbamates (subject to hydrolysis) is 1. The van der Waals surface area contributed by atoms with Crippen LogP contribution in [0.3, 0.4) is 0 Å². The van der Waals surface area contributed by atoms with Gasteiger partial charge in [0.1, 0.15) is 24.6 Å². The Kier molecular flexibility index (Phi) is 9.41. The number of carbonyl (C=O) groups is 3. The number of hydrogen-bond donors (Lipinski definition) is 3. The molecule has 2 heterocycles. The van der Waals surface area contributed by atoms with Gasteiger partial charge in [0.15, 0.2) is 17.0 Å². The summed E-state index contributed by atoms with van der Waals surface area (Å²) in [6, 6.07) is 9.21. The van der Waals surface area contributed by atoms with Crippen LogP contribution in [0.1, 0.15) is 45.5 Å². The van der Waals surface area contributed by atoms with Crippen molar-refractivity contribution in [3.05, 3.63) is 41.7 Å². The molecule has 0 atom stereocenters. The predicted molar refractivity (Wildman–Crippen MR) is 139 cm³/mol. The van der Waals surface area contributed by atoms with Gasteiger partial charge in [-0.05, 0) is 39.7 Å². The highest BCUT2D eigenvalue weighted by atomic mass is 16.6. The summed E-state index contributed by atoms with van der Waals surface area (Å²) in [7, 11) is 0. The van der Waals surface area contributed by atoms with Crippen LogP contribution in [-0.2, 0) is 38.6 Å². The number of fused-ring (bicyclic) bond motifs is 1. The zero-order valence-electron chi connectivity index (χ0n) is 21.9. The molecular weight excluding hydrogens is 494 g/mol. The molecule has 38 heavy (non-hydrogen) atoms. The molecule has 0 fully saturated rings. The number of benzene rings is 1. The van der Waals surface area contributed by atoms with Crippen LogP contribution in [0.15, 0.2) is 30.3 Å². The quantitative estimate of drug-likeness (QED) is 0.202. The van der Waals surface area contributed by atoms with Crippen molar-refractivity contribution in [3.8, 4) is 0 Å². The molecule has 13 nitrogen and oxygen atoms in total. The highest BCUT2D eigenvalue weighted by Gasteiger charge is 2.21. The summed E-state index contributed by atoms with van der Waals surface area (Å²) < 4.78 is 16.9. The normalized spacial score (nSPS) is 11.2. The molecule has 0 unspecified atom stereocenters. The van der Waals surface area contributed by atoms with Crippen molar-refractivity contribution >= 4 is 41.1 Å². The molecule has 0 radical (unpaired) electrons. The number of aryl methyl sites for hydroxylation is 1. The summed E-state index contributed by atoms with van der Waals surface area (Å²) in [5.41, 5.74) is 6.71. The molecule has 0 saturated carbocycles. The van der Waals surface area contributed by atoms with Crippen LogP contribution in [0.2, 0.25) is 0 Å². The molecule has 0 aliphatic carbocycles. The van der Waals surface area contributed by atoms with E-state index in [-0.39, 0.29) is 42.7 Å². The number of anilines is 2. The van der Waals surface area contributed by atoms with Gasteiger partial charge in [-0.1, -0.05) is 30.3 Å². The van der Waals surface area contributed by atoms with Crippen LogP contribution in [0, 0.1) is 0 Å². The number of nitrogens with zero attached hydrogens (tertiary/aromatic N) is 4. The Morgan fingerprint density at radius 2 is 1.76 bits per heavy atom. The van der Waals surface area contributed by atoms with Gasteiger partial charge in [-0.25, -0.2) is 24.5 Å². The molecule has 204 valence electrons. The minimum absolute atomic E-state index is 0.00629. The maximum Gasteiger partial charge on any atom is 0.413 e. The van der Waals surface area contributed by atoms with E-state index in [4.69, 9.17) is 19.9 Å². The fraction of sp³-hybridized carbons (Fsp3) is 0.440. The van der Waals surface area contributed by atoms with Crippen molar-refractivity contribution in [1.29, 1.82) is 0 Å². The number of carbonyl (C=O) groups excluding carboxylic acids is 3. The van der Waals surface area contributed by atoms with Crippen molar-refractivity contribution in [2.75, 3.05) is 24.2 Å². The molecule has 0 saturated heterocycles. The molecule has 2 aromatic heterocycles. The summed E-state index contributed by atoms with van der Waals surface area (Å²) in [6.07, 6.45) is -0.462. The first-order chi connectivity index (χ1) is 18.1. The Hall–Kier alpha value is -4.42. The monoisotopic (exact) mass is 527 g/mol. The van der Waals surface area contributed by atoms with Crippen molar-refractivity contribution in [1.82, 2.24) is 24.8 Å². The van der Waals surface area contributed by atoms with Crippen molar-refractivity contribution in [3.63, 3.8) is 0 Å². The summed E-state index contributed by atoms with van der Waals surface area (Å²) in [5.74, 6) is -0.0897. The SMILES string of the molecule is CCOC(=O)Cn1c(N)nc2c(NC(=O)OCc3ccccc3)nc(CCCNC(=O)OC(C)(C)C)nc21.